The lowest BCUT2D eigenvalue weighted by molar-refractivity contribution is -0.106. The largest absolute Gasteiger partial charge is 0.387 e. The number of benzene rings is 2. The van der Waals surface area contributed by atoms with Crippen molar-refractivity contribution in [3.63, 3.8) is 0 Å². The first-order valence-electron chi connectivity index (χ1n) is 7.78. The molecule has 0 atom stereocenters. The van der Waals surface area contributed by atoms with Crippen molar-refractivity contribution in [1.82, 2.24) is 4.90 Å². The zero-order chi connectivity index (χ0) is 14.7. The molecule has 0 aliphatic carbocycles. The lowest BCUT2D eigenvalue weighted by Gasteiger charge is -2.46. The van der Waals surface area contributed by atoms with E-state index >= 15 is 0 Å². The Bertz CT molecular complexity index is 570. The highest BCUT2D eigenvalue weighted by Gasteiger charge is 2.39. The Morgan fingerprint density at radius 1 is 0.952 bits per heavy atom. The molecule has 1 saturated heterocycles. The van der Waals surface area contributed by atoms with Crippen molar-refractivity contribution in [2.24, 2.45) is 0 Å². The number of β-amino-alcohol motifs (C(OH)–C–C–N with tert-alkyl or cyclic N) is 1. The zero-order valence-electron chi connectivity index (χ0n) is 12.6. The van der Waals surface area contributed by atoms with Gasteiger partial charge in [-0.15, -0.1) is 0 Å². The normalized spacial score (nSPS) is 17.4. The fourth-order valence-corrected chi connectivity index (χ4v) is 3.21. The average molecular weight is 281 g/mol. The molecule has 3 rings (SSSR count). The van der Waals surface area contributed by atoms with Gasteiger partial charge in [-0.3, -0.25) is 4.90 Å². The maximum Gasteiger partial charge on any atom is 0.0900 e. The quantitative estimate of drug-likeness (QED) is 0.903. The summed E-state index contributed by atoms with van der Waals surface area (Å²) in [5.41, 5.74) is 3.39. The number of likely N-dealkylation sites (tertiary alicyclic amines) is 1. The first-order valence-corrected chi connectivity index (χ1v) is 7.78. The van der Waals surface area contributed by atoms with Gasteiger partial charge in [0.1, 0.15) is 0 Å². The molecule has 0 aromatic heterocycles. The van der Waals surface area contributed by atoms with Crippen molar-refractivity contribution in [2.45, 2.75) is 31.9 Å². The maximum atomic E-state index is 10.2. The van der Waals surface area contributed by atoms with Gasteiger partial charge in [0, 0.05) is 19.6 Å². The molecule has 2 aromatic rings. The summed E-state index contributed by atoms with van der Waals surface area (Å²) in [5.74, 6) is 0. The average Bonchev–Trinajstić information content (AvgIpc) is 2.48. The molecule has 21 heavy (non-hydrogen) atoms. The van der Waals surface area contributed by atoms with Gasteiger partial charge >= 0.3 is 0 Å². The smallest absolute Gasteiger partial charge is 0.0900 e. The highest BCUT2D eigenvalue weighted by molar-refractivity contribution is 5.63. The molecule has 0 spiro atoms. The molecule has 0 amide bonds. The standard InChI is InChI=1S/C19H23NO/c1-2-12-19(21)14-20(15-19)13-16-8-10-18(11-9-16)17-6-4-3-5-7-17/h3-11,21H,2,12-15H2,1H3. The first-order chi connectivity index (χ1) is 10.2. The van der Waals surface area contributed by atoms with Gasteiger partial charge in [-0.05, 0) is 23.1 Å². The second kappa shape index (κ2) is 6.00. The van der Waals surface area contributed by atoms with Crippen molar-refractivity contribution >= 4 is 0 Å². The number of nitrogens with zero attached hydrogens (tertiary/aromatic N) is 1. The minimum absolute atomic E-state index is 0.432. The van der Waals surface area contributed by atoms with Crippen LogP contribution in [0.15, 0.2) is 54.6 Å². The Morgan fingerprint density at radius 3 is 2.19 bits per heavy atom. The van der Waals surface area contributed by atoms with Crippen molar-refractivity contribution in [3.8, 4) is 11.1 Å². The van der Waals surface area contributed by atoms with Crippen molar-refractivity contribution in [3.05, 3.63) is 60.2 Å². The van der Waals surface area contributed by atoms with Gasteiger partial charge < -0.3 is 5.11 Å². The van der Waals surface area contributed by atoms with E-state index in [2.05, 4.69) is 60.4 Å². The molecular formula is C19H23NO. The molecular weight excluding hydrogens is 258 g/mol. The van der Waals surface area contributed by atoms with Crippen LogP contribution in [0.1, 0.15) is 25.3 Å². The van der Waals surface area contributed by atoms with Crippen molar-refractivity contribution in [2.75, 3.05) is 13.1 Å². The Morgan fingerprint density at radius 2 is 1.57 bits per heavy atom. The van der Waals surface area contributed by atoms with Crippen molar-refractivity contribution in [1.29, 1.82) is 0 Å². The fraction of sp³-hybridized carbons (Fsp3) is 0.368. The SMILES string of the molecule is CCCC1(O)CN(Cc2ccc(-c3ccccc3)cc2)C1. The minimum atomic E-state index is -0.432. The number of aliphatic hydroxyl groups is 1. The van der Waals surface area contributed by atoms with Crippen LogP contribution in [0, 0.1) is 0 Å². The molecule has 1 N–H and O–H groups in total. The monoisotopic (exact) mass is 281 g/mol. The van der Waals surface area contributed by atoms with Crippen LogP contribution in [0.4, 0.5) is 0 Å². The number of rotatable bonds is 5. The van der Waals surface area contributed by atoms with E-state index in [0.29, 0.717) is 0 Å². The Hall–Kier alpha value is -1.64. The summed E-state index contributed by atoms with van der Waals surface area (Å²) in [6.45, 7) is 4.67. The minimum Gasteiger partial charge on any atom is -0.387 e. The second-order valence-corrected chi connectivity index (χ2v) is 6.18. The molecule has 0 bridgehead atoms. The third kappa shape index (κ3) is 3.34. The van der Waals surface area contributed by atoms with Gasteiger partial charge in [-0.1, -0.05) is 67.9 Å². The Balaban J connectivity index is 1.59. The molecule has 1 aliphatic heterocycles. The molecule has 0 radical (unpaired) electrons. The van der Waals surface area contributed by atoms with Crippen LogP contribution in [-0.2, 0) is 6.54 Å². The van der Waals surface area contributed by atoms with E-state index in [1.807, 2.05) is 6.07 Å². The van der Waals surface area contributed by atoms with E-state index in [4.69, 9.17) is 0 Å². The zero-order valence-corrected chi connectivity index (χ0v) is 12.6. The molecule has 1 fully saturated rings. The summed E-state index contributed by atoms with van der Waals surface area (Å²) in [6.07, 6.45) is 1.96. The van der Waals surface area contributed by atoms with Crippen LogP contribution >= 0.6 is 0 Å². The van der Waals surface area contributed by atoms with Crippen LogP contribution < -0.4 is 0 Å². The summed E-state index contributed by atoms with van der Waals surface area (Å²) in [5, 5.41) is 10.2. The van der Waals surface area contributed by atoms with E-state index < -0.39 is 5.60 Å². The van der Waals surface area contributed by atoms with Gasteiger partial charge in [0.05, 0.1) is 5.60 Å². The first kappa shape index (κ1) is 14.3. The lowest BCUT2D eigenvalue weighted by atomic mass is 9.89. The van der Waals surface area contributed by atoms with Crippen LogP contribution in [0.25, 0.3) is 11.1 Å². The summed E-state index contributed by atoms with van der Waals surface area (Å²) in [6, 6.07) is 19.2. The number of hydrogen-bond acceptors (Lipinski definition) is 2. The van der Waals surface area contributed by atoms with Gasteiger partial charge in [-0.2, -0.15) is 0 Å². The highest BCUT2D eigenvalue weighted by atomic mass is 16.3. The van der Waals surface area contributed by atoms with Gasteiger partial charge in [-0.25, -0.2) is 0 Å². The fourth-order valence-electron chi connectivity index (χ4n) is 3.21. The summed E-state index contributed by atoms with van der Waals surface area (Å²) in [4.78, 5) is 2.31. The van der Waals surface area contributed by atoms with Crippen LogP contribution in [0.5, 0.6) is 0 Å². The number of hydrogen-bond donors (Lipinski definition) is 1. The van der Waals surface area contributed by atoms with E-state index in [-0.39, 0.29) is 0 Å². The maximum absolute atomic E-state index is 10.2. The molecule has 2 aromatic carbocycles. The van der Waals surface area contributed by atoms with E-state index in [0.717, 1.165) is 32.5 Å². The van der Waals surface area contributed by atoms with Crippen LogP contribution in [-0.4, -0.2) is 28.7 Å². The van der Waals surface area contributed by atoms with Crippen LogP contribution in [0.3, 0.4) is 0 Å². The third-order valence-electron chi connectivity index (χ3n) is 4.22. The van der Waals surface area contributed by atoms with Gasteiger partial charge in [0.2, 0.25) is 0 Å². The van der Waals surface area contributed by atoms with Gasteiger partial charge in [0.25, 0.3) is 0 Å². The molecule has 1 heterocycles. The molecule has 110 valence electrons. The van der Waals surface area contributed by atoms with Crippen LogP contribution in [0.2, 0.25) is 0 Å². The topological polar surface area (TPSA) is 23.5 Å². The molecule has 1 aliphatic rings. The summed E-state index contributed by atoms with van der Waals surface area (Å²) in [7, 11) is 0. The Labute approximate surface area is 127 Å². The Kier molecular flexibility index (Phi) is 4.09. The summed E-state index contributed by atoms with van der Waals surface area (Å²) >= 11 is 0. The van der Waals surface area contributed by atoms with E-state index in [1.54, 1.807) is 0 Å². The predicted octanol–water partition coefficient (Wildman–Crippen LogP) is 3.70. The molecule has 2 heteroatoms. The van der Waals surface area contributed by atoms with E-state index in [9.17, 15) is 5.11 Å². The molecule has 0 unspecified atom stereocenters. The predicted molar refractivity (Wildman–Crippen MR) is 87.0 cm³/mol. The third-order valence-corrected chi connectivity index (χ3v) is 4.22. The summed E-state index contributed by atoms with van der Waals surface area (Å²) < 4.78 is 0. The molecule has 2 nitrogen and oxygen atoms in total. The van der Waals surface area contributed by atoms with Crippen molar-refractivity contribution < 1.29 is 5.11 Å². The second-order valence-electron chi connectivity index (χ2n) is 6.18. The highest BCUT2D eigenvalue weighted by Crippen LogP contribution is 2.27. The van der Waals surface area contributed by atoms with E-state index in [1.165, 1.54) is 16.7 Å². The lowest BCUT2D eigenvalue weighted by Crippen LogP contribution is -2.60. The molecule has 0 saturated carbocycles. The van der Waals surface area contributed by atoms with Gasteiger partial charge in [0.15, 0.2) is 0 Å².